The smallest absolute Gasteiger partial charge is 0.276 e. The summed E-state index contributed by atoms with van der Waals surface area (Å²) in [6.45, 7) is 2.09. The molecule has 2 aromatic carbocycles. The van der Waals surface area contributed by atoms with E-state index in [1.54, 1.807) is 5.01 Å². The molecule has 1 amide bonds. The van der Waals surface area contributed by atoms with E-state index < -0.39 is 6.17 Å². The first-order valence-electron chi connectivity index (χ1n) is 8.42. The minimum atomic E-state index is -0.429. The average molecular weight is 385 g/mol. The monoisotopic (exact) mass is 384 g/mol. The Morgan fingerprint density at radius 2 is 2.08 bits per heavy atom. The summed E-state index contributed by atoms with van der Waals surface area (Å²) >= 11 is 7.71. The number of carbonyl (C=O) groups excluding carboxylic acids is 1. The van der Waals surface area contributed by atoms with E-state index >= 15 is 0 Å². The van der Waals surface area contributed by atoms with Crippen LogP contribution in [0.25, 0.3) is 5.70 Å². The maximum Gasteiger partial charge on any atom is 0.276 e. The molecule has 0 aliphatic carbocycles. The highest BCUT2D eigenvalue weighted by atomic mass is 35.5. The molecular weight excluding hydrogens is 368 g/mol. The van der Waals surface area contributed by atoms with Gasteiger partial charge >= 0.3 is 0 Å². The first kappa shape index (κ1) is 17.1. The molecule has 0 radical (unpaired) electrons. The van der Waals surface area contributed by atoms with Crippen molar-refractivity contribution in [1.82, 2.24) is 10.3 Å². The Morgan fingerprint density at radius 1 is 1.23 bits per heavy atom. The number of halogens is 1. The van der Waals surface area contributed by atoms with E-state index in [0.29, 0.717) is 15.9 Å². The second-order valence-electron chi connectivity index (χ2n) is 5.98. The molecule has 0 saturated carbocycles. The fourth-order valence-corrected chi connectivity index (χ4v) is 3.88. The van der Waals surface area contributed by atoms with Crippen molar-refractivity contribution in [3.63, 3.8) is 0 Å². The fraction of sp³-hybridized carbons (Fsp3) is 0.211. The Kier molecular flexibility index (Phi) is 4.70. The van der Waals surface area contributed by atoms with Crippen molar-refractivity contribution in [2.75, 3.05) is 5.75 Å². The predicted molar refractivity (Wildman–Crippen MR) is 105 cm³/mol. The van der Waals surface area contributed by atoms with Crippen molar-refractivity contribution < 1.29 is 4.79 Å². The van der Waals surface area contributed by atoms with Gasteiger partial charge in [-0.3, -0.25) is 15.1 Å². The van der Waals surface area contributed by atoms with E-state index in [1.165, 1.54) is 11.8 Å². The quantitative estimate of drug-likeness (QED) is 0.885. The first-order valence-corrected chi connectivity index (χ1v) is 9.78. The van der Waals surface area contributed by atoms with Crippen LogP contribution in [0.5, 0.6) is 0 Å². The third-order valence-electron chi connectivity index (χ3n) is 4.11. The summed E-state index contributed by atoms with van der Waals surface area (Å²) in [6, 6.07) is 15.1. The SMILES string of the molecule is CCCSC1=NN2C(=c3ccccc3=N[C@@H]2c2cccc(Cl)c2)C(=O)N1. The van der Waals surface area contributed by atoms with Gasteiger partial charge in [-0.2, -0.15) is 0 Å². The average Bonchev–Trinajstić information content (AvgIpc) is 2.65. The van der Waals surface area contributed by atoms with Gasteiger partial charge in [0.15, 0.2) is 11.3 Å². The van der Waals surface area contributed by atoms with Gasteiger partial charge < -0.3 is 0 Å². The molecule has 2 aliphatic heterocycles. The standard InChI is InChI=1S/C19H17ClN4OS/c1-2-10-26-19-22-18(25)16-14-8-3-4-9-15(14)21-17(24(16)23-19)12-6-5-7-13(20)11-12/h3-9,11,17H,2,10H2,1H3,(H,22,23,25)/t17-/m0/s1. The van der Waals surface area contributed by atoms with Gasteiger partial charge in [-0.1, -0.05) is 60.6 Å². The van der Waals surface area contributed by atoms with E-state index in [1.807, 2.05) is 48.5 Å². The Balaban J connectivity index is 1.90. The van der Waals surface area contributed by atoms with Gasteiger partial charge in [0.05, 0.1) is 5.36 Å². The van der Waals surface area contributed by atoms with Gasteiger partial charge in [-0.25, -0.2) is 5.01 Å². The van der Waals surface area contributed by atoms with Crippen molar-refractivity contribution in [1.29, 1.82) is 0 Å². The van der Waals surface area contributed by atoms with Crippen LogP contribution in [0.2, 0.25) is 5.02 Å². The number of amidine groups is 1. The molecule has 0 saturated heterocycles. The van der Waals surface area contributed by atoms with E-state index in [-0.39, 0.29) is 5.91 Å². The zero-order valence-electron chi connectivity index (χ0n) is 14.1. The summed E-state index contributed by atoms with van der Waals surface area (Å²) in [5.41, 5.74) is 1.41. The Bertz CT molecular complexity index is 1020. The van der Waals surface area contributed by atoms with Crippen LogP contribution >= 0.6 is 23.4 Å². The van der Waals surface area contributed by atoms with Crippen LogP contribution in [0.4, 0.5) is 0 Å². The van der Waals surface area contributed by atoms with Crippen molar-refractivity contribution in [2.45, 2.75) is 19.5 Å². The molecule has 2 aliphatic rings. The predicted octanol–water partition coefficient (Wildman–Crippen LogP) is 2.63. The van der Waals surface area contributed by atoms with E-state index in [2.05, 4.69) is 17.3 Å². The van der Waals surface area contributed by atoms with Crippen LogP contribution in [0, 0.1) is 0 Å². The second-order valence-corrected chi connectivity index (χ2v) is 7.50. The molecule has 7 heteroatoms. The molecule has 5 nitrogen and oxygen atoms in total. The van der Waals surface area contributed by atoms with Crippen molar-refractivity contribution in [2.24, 2.45) is 10.1 Å². The van der Waals surface area contributed by atoms with E-state index in [9.17, 15) is 4.79 Å². The maximum absolute atomic E-state index is 12.9. The third-order valence-corrected chi connectivity index (χ3v) is 5.41. The molecule has 0 spiro atoms. The fourth-order valence-electron chi connectivity index (χ4n) is 2.98. The Hall–Kier alpha value is -2.31. The zero-order valence-corrected chi connectivity index (χ0v) is 15.7. The summed E-state index contributed by atoms with van der Waals surface area (Å²) in [5, 5.41) is 12.1. The number of nitrogens with zero attached hydrogens (tertiary/aromatic N) is 3. The topological polar surface area (TPSA) is 57.1 Å². The number of amides is 1. The van der Waals surface area contributed by atoms with Crippen molar-refractivity contribution in [3.05, 3.63) is 69.7 Å². The van der Waals surface area contributed by atoms with Crippen LogP contribution < -0.4 is 15.9 Å². The van der Waals surface area contributed by atoms with Crippen molar-refractivity contribution >= 4 is 40.1 Å². The molecule has 0 aromatic heterocycles. The van der Waals surface area contributed by atoms with Crippen LogP contribution in [-0.4, -0.2) is 21.8 Å². The van der Waals surface area contributed by atoms with E-state index in [0.717, 1.165) is 28.3 Å². The molecule has 2 heterocycles. The largest absolute Gasteiger partial charge is 0.298 e. The van der Waals surface area contributed by atoms with Gasteiger partial charge in [0.1, 0.15) is 5.70 Å². The number of hydrogen-bond acceptors (Lipinski definition) is 5. The normalized spacial score (nSPS) is 18.5. The van der Waals surface area contributed by atoms with Crippen LogP contribution in [0.3, 0.4) is 0 Å². The number of para-hydroxylation sites is 1. The number of thioether (sulfide) groups is 1. The minimum Gasteiger partial charge on any atom is -0.298 e. The zero-order chi connectivity index (χ0) is 18.1. The van der Waals surface area contributed by atoms with Crippen LogP contribution in [0.1, 0.15) is 25.1 Å². The van der Waals surface area contributed by atoms with Crippen LogP contribution in [-0.2, 0) is 4.79 Å². The Labute approximate surface area is 160 Å². The summed E-state index contributed by atoms with van der Waals surface area (Å²) in [7, 11) is 0. The lowest BCUT2D eigenvalue weighted by Gasteiger charge is -2.34. The minimum absolute atomic E-state index is 0.159. The highest BCUT2D eigenvalue weighted by molar-refractivity contribution is 8.13. The van der Waals surface area contributed by atoms with Gasteiger partial charge in [-0.05, 0) is 30.2 Å². The summed E-state index contributed by atoms with van der Waals surface area (Å²) in [4.78, 5) is 17.7. The van der Waals surface area contributed by atoms with Gasteiger partial charge in [0, 0.05) is 16.0 Å². The third kappa shape index (κ3) is 3.10. The lowest BCUT2D eigenvalue weighted by molar-refractivity contribution is -0.116. The first-order chi connectivity index (χ1) is 12.7. The molecule has 26 heavy (non-hydrogen) atoms. The molecule has 0 unspecified atom stereocenters. The molecule has 2 aromatic rings. The Morgan fingerprint density at radius 3 is 2.88 bits per heavy atom. The second kappa shape index (κ2) is 7.13. The number of hydrogen-bond donors (Lipinski definition) is 1. The summed E-state index contributed by atoms with van der Waals surface area (Å²) < 4.78 is 0. The van der Waals surface area contributed by atoms with Crippen LogP contribution in [0.15, 0.2) is 58.6 Å². The van der Waals surface area contributed by atoms with Gasteiger partial charge in [-0.15, -0.1) is 5.10 Å². The lowest BCUT2D eigenvalue weighted by atomic mass is 10.1. The number of fused-ring (bicyclic) bond motifs is 2. The number of hydrazone groups is 1. The molecule has 0 fully saturated rings. The molecule has 4 rings (SSSR count). The number of nitrogens with one attached hydrogen (secondary N) is 1. The van der Waals surface area contributed by atoms with Gasteiger partial charge in [0.2, 0.25) is 0 Å². The van der Waals surface area contributed by atoms with E-state index in [4.69, 9.17) is 16.6 Å². The number of benzene rings is 2. The lowest BCUT2D eigenvalue weighted by Crippen LogP contribution is -2.50. The highest BCUT2D eigenvalue weighted by Gasteiger charge is 2.34. The molecule has 1 atom stereocenters. The summed E-state index contributed by atoms with van der Waals surface area (Å²) in [5.74, 6) is 0.727. The molecule has 1 N–H and O–H groups in total. The molecular formula is C19H17ClN4OS. The maximum atomic E-state index is 12.9. The number of carbonyl (C=O) groups is 1. The molecule has 0 bridgehead atoms. The highest BCUT2D eigenvalue weighted by Crippen LogP contribution is 2.31. The molecule has 132 valence electrons. The van der Waals surface area contributed by atoms with Crippen molar-refractivity contribution in [3.8, 4) is 0 Å². The summed E-state index contributed by atoms with van der Waals surface area (Å²) in [6.07, 6.45) is 0.572. The number of rotatable bonds is 3. The van der Waals surface area contributed by atoms with Gasteiger partial charge in [0.25, 0.3) is 5.91 Å².